The molecule has 1 rings (SSSR count). The first-order valence-corrected chi connectivity index (χ1v) is 6.03. The van der Waals surface area contributed by atoms with Crippen LogP contribution in [0.5, 0.6) is 0 Å². The van der Waals surface area contributed by atoms with E-state index in [2.05, 4.69) is 5.32 Å². The first-order chi connectivity index (χ1) is 7.49. The summed E-state index contributed by atoms with van der Waals surface area (Å²) in [5.41, 5.74) is -0.320. The van der Waals surface area contributed by atoms with E-state index in [0.29, 0.717) is 6.42 Å². The number of aliphatic carboxylic acids is 1. The number of carbonyl (C=O) groups is 2. The number of amides is 1. The van der Waals surface area contributed by atoms with Crippen molar-refractivity contribution < 1.29 is 14.7 Å². The predicted octanol–water partition coefficient (Wildman–Crippen LogP) is 1.94. The minimum atomic E-state index is -0.926. The van der Waals surface area contributed by atoms with Gasteiger partial charge in [0, 0.05) is 5.41 Å². The Labute approximate surface area is 96.4 Å². The van der Waals surface area contributed by atoms with Crippen molar-refractivity contribution in [3.8, 4) is 0 Å². The molecule has 1 aliphatic rings. The number of carboxylic acids is 1. The first kappa shape index (κ1) is 13.0. The van der Waals surface area contributed by atoms with Gasteiger partial charge < -0.3 is 10.4 Å². The fourth-order valence-electron chi connectivity index (χ4n) is 1.93. The van der Waals surface area contributed by atoms with Gasteiger partial charge in [-0.3, -0.25) is 4.79 Å². The molecule has 16 heavy (non-hydrogen) atoms. The Kier molecular flexibility index (Phi) is 4.33. The van der Waals surface area contributed by atoms with Gasteiger partial charge in [-0.05, 0) is 19.3 Å². The molecule has 92 valence electrons. The molecule has 0 bridgehead atoms. The lowest BCUT2D eigenvalue weighted by atomic mass is 9.69. The third kappa shape index (κ3) is 2.97. The molecular weight excluding hydrogens is 206 g/mol. The summed E-state index contributed by atoms with van der Waals surface area (Å²) in [4.78, 5) is 22.8. The number of hydrogen-bond acceptors (Lipinski definition) is 2. The van der Waals surface area contributed by atoms with Crippen LogP contribution < -0.4 is 5.32 Å². The Balaban J connectivity index is 2.47. The van der Waals surface area contributed by atoms with Gasteiger partial charge in [-0.2, -0.15) is 0 Å². The lowest BCUT2D eigenvalue weighted by Gasteiger charge is -2.37. The van der Waals surface area contributed by atoms with Gasteiger partial charge in [0.1, 0.15) is 6.04 Å². The summed E-state index contributed by atoms with van der Waals surface area (Å²) in [6.45, 7) is 3.92. The molecular formula is C12H21NO3. The van der Waals surface area contributed by atoms with E-state index in [-0.39, 0.29) is 11.3 Å². The van der Waals surface area contributed by atoms with Gasteiger partial charge in [-0.25, -0.2) is 4.79 Å². The Hall–Kier alpha value is -1.06. The zero-order chi connectivity index (χ0) is 12.2. The molecule has 0 spiro atoms. The maximum atomic E-state index is 11.9. The Morgan fingerprint density at radius 3 is 2.44 bits per heavy atom. The van der Waals surface area contributed by atoms with Crippen molar-refractivity contribution in [3.63, 3.8) is 0 Å². The van der Waals surface area contributed by atoms with Crippen LogP contribution in [0.3, 0.4) is 0 Å². The van der Waals surface area contributed by atoms with E-state index in [1.165, 1.54) is 0 Å². The van der Waals surface area contributed by atoms with Crippen LogP contribution in [-0.4, -0.2) is 23.0 Å². The highest BCUT2D eigenvalue weighted by atomic mass is 16.4. The van der Waals surface area contributed by atoms with Gasteiger partial charge in [0.15, 0.2) is 0 Å². The van der Waals surface area contributed by atoms with Crippen molar-refractivity contribution >= 4 is 11.9 Å². The molecule has 1 amide bonds. The number of unbranched alkanes of at least 4 members (excludes halogenated alkanes) is 1. The van der Waals surface area contributed by atoms with E-state index in [0.717, 1.165) is 32.1 Å². The molecule has 0 heterocycles. The summed E-state index contributed by atoms with van der Waals surface area (Å²) >= 11 is 0. The molecule has 1 unspecified atom stereocenters. The van der Waals surface area contributed by atoms with Crippen LogP contribution in [0.25, 0.3) is 0 Å². The molecule has 0 aliphatic heterocycles. The Morgan fingerprint density at radius 1 is 1.44 bits per heavy atom. The molecule has 1 saturated carbocycles. The minimum Gasteiger partial charge on any atom is -0.480 e. The monoisotopic (exact) mass is 227 g/mol. The van der Waals surface area contributed by atoms with E-state index < -0.39 is 12.0 Å². The van der Waals surface area contributed by atoms with Crippen LogP contribution in [0.2, 0.25) is 0 Å². The van der Waals surface area contributed by atoms with E-state index >= 15 is 0 Å². The normalized spacial score (nSPS) is 19.6. The van der Waals surface area contributed by atoms with Crippen LogP contribution in [0.1, 0.15) is 52.4 Å². The molecule has 1 atom stereocenters. The smallest absolute Gasteiger partial charge is 0.326 e. The highest BCUT2D eigenvalue weighted by Crippen LogP contribution is 2.40. The van der Waals surface area contributed by atoms with Crippen molar-refractivity contribution in [1.29, 1.82) is 0 Å². The van der Waals surface area contributed by atoms with Crippen molar-refractivity contribution in [2.75, 3.05) is 0 Å². The van der Waals surface area contributed by atoms with Crippen LogP contribution in [0, 0.1) is 5.41 Å². The lowest BCUT2D eigenvalue weighted by molar-refractivity contribution is -0.145. The number of rotatable bonds is 6. The fraction of sp³-hybridized carbons (Fsp3) is 0.833. The van der Waals surface area contributed by atoms with Gasteiger partial charge in [0.05, 0.1) is 0 Å². The van der Waals surface area contributed by atoms with Crippen LogP contribution in [0.15, 0.2) is 0 Å². The average molecular weight is 227 g/mol. The summed E-state index contributed by atoms with van der Waals surface area (Å²) in [6.07, 6.45) is 5.10. The summed E-state index contributed by atoms with van der Waals surface area (Å²) in [5.74, 6) is -1.02. The fourth-order valence-corrected chi connectivity index (χ4v) is 1.93. The number of hydrogen-bond donors (Lipinski definition) is 2. The summed E-state index contributed by atoms with van der Waals surface area (Å²) in [6, 6.07) is -0.718. The van der Waals surface area contributed by atoms with Crippen molar-refractivity contribution in [1.82, 2.24) is 5.32 Å². The van der Waals surface area contributed by atoms with Gasteiger partial charge in [0.2, 0.25) is 5.91 Å². The van der Waals surface area contributed by atoms with Gasteiger partial charge in [-0.15, -0.1) is 0 Å². The van der Waals surface area contributed by atoms with Crippen LogP contribution in [0.4, 0.5) is 0 Å². The molecule has 1 fully saturated rings. The second kappa shape index (κ2) is 5.32. The molecule has 0 aromatic rings. The summed E-state index contributed by atoms with van der Waals surface area (Å²) < 4.78 is 0. The highest BCUT2D eigenvalue weighted by Gasteiger charge is 2.40. The topological polar surface area (TPSA) is 66.4 Å². The maximum Gasteiger partial charge on any atom is 0.326 e. The minimum absolute atomic E-state index is 0.0951. The van der Waals surface area contributed by atoms with E-state index in [4.69, 9.17) is 5.11 Å². The molecule has 0 radical (unpaired) electrons. The molecule has 1 aliphatic carbocycles. The van der Waals surface area contributed by atoms with E-state index in [1.54, 1.807) is 0 Å². The van der Waals surface area contributed by atoms with Gasteiger partial charge >= 0.3 is 5.97 Å². The second-order valence-electron chi connectivity index (χ2n) is 4.92. The van der Waals surface area contributed by atoms with Crippen molar-refractivity contribution in [2.45, 2.75) is 58.4 Å². The van der Waals surface area contributed by atoms with Crippen molar-refractivity contribution in [3.05, 3.63) is 0 Å². The first-order valence-electron chi connectivity index (χ1n) is 6.03. The number of carbonyl (C=O) groups excluding carboxylic acids is 1. The summed E-state index contributed by atoms with van der Waals surface area (Å²) in [7, 11) is 0. The Morgan fingerprint density at radius 2 is 2.06 bits per heavy atom. The third-order valence-corrected chi connectivity index (χ3v) is 3.46. The number of nitrogens with one attached hydrogen (secondary N) is 1. The molecule has 0 saturated heterocycles. The van der Waals surface area contributed by atoms with E-state index in [1.807, 2.05) is 13.8 Å². The second-order valence-corrected chi connectivity index (χ2v) is 4.92. The highest BCUT2D eigenvalue weighted by molar-refractivity contribution is 5.87. The van der Waals surface area contributed by atoms with Gasteiger partial charge in [0.25, 0.3) is 0 Å². The SMILES string of the molecule is CCCCC(NC(=O)C1(C)CCC1)C(=O)O. The molecule has 4 nitrogen and oxygen atoms in total. The summed E-state index contributed by atoms with van der Waals surface area (Å²) in [5, 5.41) is 11.6. The molecule has 0 aromatic carbocycles. The van der Waals surface area contributed by atoms with Gasteiger partial charge in [-0.1, -0.05) is 33.1 Å². The molecule has 4 heteroatoms. The zero-order valence-electron chi connectivity index (χ0n) is 10.1. The molecule has 0 aromatic heterocycles. The lowest BCUT2D eigenvalue weighted by Crippen LogP contribution is -2.50. The Bertz CT molecular complexity index is 271. The average Bonchev–Trinajstić information content (AvgIpc) is 2.19. The number of carboxylic acid groups (broad SMARTS) is 1. The van der Waals surface area contributed by atoms with Crippen LogP contribution >= 0.6 is 0 Å². The van der Waals surface area contributed by atoms with E-state index in [9.17, 15) is 9.59 Å². The standard InChI is InChI=1S/C12H21NO3/c1-3-4-6-9(10(14)15)13-11(16)12(2)7-5-8-12/h9H,3-8H2,1-2H3,(H,13,16)(H,14,15). The van der Waals surface area contributed by atoms with Crippen LogP contribution in [-0.2, 0) is 9.59 Å². The van der Waals surface area contributed by atoms with Crippen molar-refractivity contribution in [2.24, 2.45) is 5.41 Å². The third-order valence-electron chi connectivity index (χ3n) is 3.46. The molecule has 2 N–H and O–H groups in total. The maximum absolute atomic E-state index is 11.9. The largest absolute Gasteiger partial charge is 0.480 e. The quantitative estimate of drug-likeness (QED) is 0.728. The predicted molar refractivity (Wildman–Crippen MR) is 61.0 cm³/mol. The zero-order valence-corrected chi connectivity index (χ0v) is 10.1.